The molecule has 1 atom stereocenters. The maximum absolute atomic E-state index is 11.3. The van der Waals surface area contributed by atoms with Crippen LogP contribution in [0.15, 0.2) is 0 Å². The van der Waals surface area contributed by atoms with Crippen molar-refractivity contribution in [1.82, 2.24) is 0 Å². The Morgan fingerprint density at radius 3 is 1.89 bits per heavy atom. The van der Waals surface area contributed by atoms with Crippen LogP contribution in [0.5, 0.6) is 0 Å². The first-order valence-electron chi connectivity index (χ1n) is 1.79. The Kier molecular flexibility index (Phi) is 2.71. The third-order valence-corrected chi connectivity index (χ3v) is 1.74. The van der Waals surface area contributed by atoms with Gasteiger partial charge in [0.1, 0.15) is 0 Å². The summed E-state index contributed by atoms with van der Waals surface area (Å²) in [6, 6.07) is 0. The predicted octanol–water partition coefficient (Wildman–Crippen LogP) is 1.44. The van der Waals surface area contributed by atoms with Crippen molar-refractivity contribution in [2.24, 2.45) is 0 Å². The van der Waals surface area contributed by atoms with Crippen molar-refractivity contribution >= 4 is 28.6 Å². The number of carboxylic acids is 1. The fourth-order valence-electron chi connectivity index (χ4n) is 0.140. The molecule has 0 fully saturated rings. The molecule has 0 aliphatic carbocycles. The lowest BCUT2D eigenvalue weighted by Crippen LogP contribution is -2.30. The van der Waals surface area contributed by atoms with Gasteiger partial charge < -0.3 is 5.11 Å². The molecule has 54 valence electrons. The summed E-state index contributed by atoms with van der Waals surface area (Å²) in [4.78, 5) is 9.62. The van der Waals surface area contributed by atoms with Gasteiger partial charge in [-0.25, -0.2) is 0 Å². The van der Waals surface area contributed by atoms with Crippen molar-refractivity contribution < 1.29 is 23.1 Å². The molecule has 1 N–H and O–H groups in total. The fourth-order valence-corrected chi connectivity index (χ4v) is 0.140. The number of aliphatic carboxylic acids is 1. The van der Waals surface area contributed by atoms with Crippen LogP contribution < -0.4 is 0 Å². The number of alkyl halides is 4. The van der Waals surface area contributed by atoms with E-state index in [2.05, 4.69) is 0 Å². The first-order chi connectivity index (χ1) is 3.85. The van der Waals surface area contributed by atoms with Crippen molar-refractivity contribution in [1.29, 1.82) is 0 Å². The maximum Gasteiger partial charge on any atom is 0.411 e. The number of carbonyl (C=O) groups is 1. The Hall–Kier alpha value is -0.0100. The minimum Gasteiger partial charge on any atom is -0.480 e. The van der Waals surface area contributed by atoms with Crippen LogP contribution in [-0.4, -0.2) is 21.2 Å². The summed E-state index contributed by atoms with van der Waals surface area (Å²) in [6.45, 7) is 0. The summed E-state index contributed by atoms with van der Waals surface area (Å²) in [5.41, 5.74) is 0. The highest BCUT2D eigenvalue weighted by molar-refractivity contribution is 14.1. The molecule has 0 spiro atoms. The van der Waals surface area contributed by atoms with Gasteiger partial charge in [0.25, 0.3) is 0 Å². The van der Waals surface area contributed by atoms with Crippen LogP contribution in [0.3, 0.4) is 0 Å². The van der Waals surface area contributed by atoms with Crippen LogP contribution in [0.4, 0.5) is 13.2 Å². The van der Waals surface area contributed by atoms with Crippen LogP contribution in [-0.2, 0) is 4.79 Å². The summed E-state index contributed by atoms with van der Waals surface area (Å²) in [5, 5.41) is 7.79. The molecule has 6 heteroatoms. The third kappa shape index (κ3) is 2.87. The van der Waals surface area contributed by atoms with E-state index in [0.717, 1.165) is 22.6 Å². The van der Waals surface area contributed by atoms with Gasteiger partial charge in [0.05, 0.1) is 0 Å². The number of rotatable bonds is 1. The van der Waals surface area contributed by atoms with Gasteiger partial charge in [0.15, 0.2) is 0 Å². The monoisotopic (exact) mass is 254 g/mol. The third-order valence-electron chi connectivity index (χ3n) is 0.504. The van der Waals surface area contributed by atoms with E-state index >= 15 is 0 Å². The molecule has 0 aromatic carbocycles. The molecule has 0 saturated heterocycles. The van der Waals surface area contributed by atoms with Gasteiger partial charge in [-0.2, -0.15) is 13.2 Å². The Labute approximate surface area is 62.2 Å². The van der Waals surface area contributed by atoms with E-state index in [9.17, 15) is 18.0 Å². The number of carboxylic acid groups (broad SMARTS) is 1. The Bertz CT molecular complexity index is 121. The minimum atomic E-state index is -4.63. The van der Waals surface area contributed by atoms with Gasteiger partial charge in [0.2, 0.25) is 3.92 Å². The van der Waals surface area contributed by atoms with Crippen LogP contribution >= 0.6 is 22.6 Å². The second kappa shape index (κ2) is 2.72. The fraction of sp³-hybridized carbons (Fsp3) is 0.667. The molecule has 1 unspecified atom stereocenters. The van der Waals surface area contributed by atoms with Crippen molar-refractivity contribution in [3.05, 3.63) is 0 Å². The van der Waals surface area contributed by atoms with Crippen molar-refractivity contribution in [3.63, 3.8) is 0 Å². The van der Waals surface area contributed by atoms with E-state index in [4.69, 9.17) is 5.11 Å². The van der Waals surface area contributed by atoms with Crippen molar-refractivity contribution in [2.45, 2.75) is 10.1 Å². The lowest BCUT2D eigenvalue weighted by Gasteiger charge is -2.07. The van der Waals surface area contributed by atoms with Crippen molar-refractivity contribution in [3.8, 4) is 0 Å². The molecule has 0 aromatic heterocycles. The highest BCUT2D eigenvalue weighted by Crippen LogP contribution is 2.26. The average molecular weight is 254 g/mol. The van der Waals surface area contributed by atoms with Gasteiger partial charge >= 0.3 is 12.1 Å². The molecular weight excluding hydrogens is 252 g/mol. The lowest BCUT2D eigenvalue weighted by atomic mass is 10.4. The first kappa shape index (κ1) is 8.99. The Morgan fingerprint density at radius 2 is 1.89 bits per heavy atom. The summed E-state index contributed by atoms with van der Waals surface area (Å²) < 4.78 is 31.6. The van der Waals surface area contributed by atoms with E-state index in [-0.39, 0.29) is 0 Å². The van der Waals surface area contributed by atoms with Gasteiger partial charge in [-0.3, -0.25) is 4.79 Å². The summed E-state index contributed by atoms with van der Waals surface area (Å²) in [5.74, 6) is -1.86. The summed E-state index contributed by atoms with van der Waals surface area (Å²) in [7, 11) is 0. The summed E-state index contributed by atoms with van der Waals surface area (Å²) in [6.07, 6.45) is -4.63. The topological polar surface area (TPSA) is 37.3 Å². The highest BCUT2D eigenvalue weighted by atomic mass is 127. The number of hydrogen-bond donors (Lipinski definition) is 1. The summed E-state index contributed by atoms with van der Waals surface area (Å²) >= 11 is 0.814. The standard InChI is InChI=1S/C3H2F3IO2/c4-3(5,6)1(7)2(8)9/h1H,(H,8,9). The highest BCUT2D eigenvalue weighted by Gasteiger charge is 2.42. The van der Waals surface area contributed by atoms with E-state index in [1.807, 2.05) is 0 Å². The molecule has 0 aliphatic heterocycles. The van der Waals surface area contributed by atoms with E-state index in [1.54, 1.807) is 0 Å². The normalized spacial score (nSPS) is 15.1. The van der Waals surface area contributed by atoms with Crippen LogP contribution in [0, 0.1) is 0 Å². The molecule has 0 aliphatic rings. The zero-order chi connectivity index (χ0) is 7.65. The molecule has 9 heavy (non-hydrogen) atoms. The van der Waals surface area contributed by atoms with E-state index in [1.165, 1.54) is 0 Å². The minimum absolute atomic E-state index is 0.814. The molecule has 0 rings (SSSR count). The zero-order valence-electron chi connectivity index (χ0n) is 3.94. The Morgan fingerprint density at radius 1 is 1.56 bits per heavy atom. The van der Waals surface area contributed by atoms with Crippen LogP contribution in [0.25, 0.3) is 0 Å². The SMILES string of the molecule is O=C(O)C(I)C(F)(F)F. The van der Waals surface area contributed by atoms with Gasteiger partial charge in [0, 0.05) is 0 Å². The smallest absolute Gasteiger partial charge is 0.411 e. The average Bonchev–Trinajstić information content (AvgIpc) is 1.62. The molecule has 0 saturated carbocycles. The molecule has 0 radical (unpaired) electrons. The predicted molar refractivity (Wildman–Crippen MR) is 31.5 cm³/mol. The van der Waals surface area contributed by atoms with Gasteiger partial charge in [-0.15, -0.1) is 0 Å². The van der Waals surface area contributed by atoms with Crippen LogP contribution in [0.1, 0.15) is 0 Å². The lowest BCUT2D eigenvalue weighted by molar-refractivity contribution is -0.160. The largest absolute Gasteiger partial charge is 0.480 e. The second-order valence-corrected chi connectivity index (χ2v) is 2.49. The van der Waals surface area contributed by atoms with Gasteiger partial charge in [-0.05, 0) is 0 Å². The number of halogens is 4. The van der Waals surface area contributed by atoms with Crippen LogP contribution in [0.2, 0.25) is 0 Å². The maximum atomic E-state index is 11.3. The van der Waals surface area contributed by atoms with Crippen molar-refractivity contribution in [2.75, 3.05) is 0 Å². The first-order valence-corrected chi connectivity index (χ1v) is 3.04. The number of hydrogen-bond acceptors (Lipinski definition) is 1. The van der Waals surface area contributed by atoms with E-state index in [0.29, 0.717) is 0 Å². The van der Waals surface area contributed by atoms with Gasteiger partial charge in [-0.1, -0.05) is 22.6 Å². The van der Waals surface area contributed by atoms with E-state index < -0.39 is 16.1 Å². The zero-order valence-corrected chi connectivity index (χ0v) is 6.10. The molecule has 2 nitrogen and oxygen atoms in total. The molecule has 0 aromatic rings. The molecule has 0 heterocycles. The quantitative estimate of drug-likeness (QED) is 0.567. The molecule has 0 bridgehead atoms. The molecular formula is C3H2F3IO2. The second-order valence-electron chi connectivity index (χ2n) is 1.24. The Balaban J connectivity index is 4.04. The molecule has 0 amide bonds.